The summed E-state index contributed by atoms with van der Waals surface area (Å²) < 4.78 is 55.4. The highest BCUT2D eigenvalue weighted by molar-refractivity contribution is 7.16. The molecule has 0 radical (unpaired) electrons. The molecule has 12 heteroatoms. The number of esters is 1. The second-order valence-corrected chi connectivity index (χ2v) is 9.99. The summed E-state index contributed by atoms with van der Waals surface area (Å²) in [5, 5.41) is 3.27. The molecule has 1 aliphatic rings. The second-order valence-electron chi connectivity index (χ2n) is 9.00. The van der Waals surface area contributed by atoms with E-state index in [1.54, 1.807) is 35.8 Å². The van der Waals surface area contributed by atoms with Crippen LogP contribution >= 0.6 is 11.3 Å². The Morgan fingerprint density at radius 2 is 1.92 bits per heavy atom. The number of alkyl halides is 3. The van der Waals surface area contributed by atoms with Gasteiger partial charge in [0.2, 0.25) is 0 Å². The molecule has 1 saturated carbocycles. The van der Waals surface area contributed by atoms with Gasteiger partial charge in [-0.25, -0.2) is 4.79 Å². The second kappa shape index (κ2) is 12.1. The molecular weight excluding hydrogens is 525 g/mol. The number of hydrogen-bond acceptors (Lipinski definition) is 8. The number of halogens is 3. The quantitative estimate of drug-likeness (QED) is 0.208. The Labute approximate surface area is 220 Å². The van der Waals surface area contributed by atoms with E-state index in [0.29, 0.717) is 17.9 Å². The number of aromatic nitrogens is 1. The van der Waals surface area contributed by atoms with Crippen molar-refractivity contribution >= 4 is 27.5 Å². The Kier molecular flexibility index (Phi) is 8.83. The van der Waals surface area contributed by atoms with E-state index in [2.05, 4.69) is 5.18 Å². The van der Waals surface area contributed by atoms with Crippen LogP contribution in [0.1, 0.15) is 36.9 Å². The first kappa shape index (κ1) is 27.8. The molecule has 2 aromatic carbocycles. The van der Waals surface area contributed by atoms with Gasteiger partial charge in [-0.2, -0.15) is 18.1 Å². The number of ether oxygens (including phenoxy) is 3. The van der Waals surface area contributed by atoms with Gasteiger partial charge in [-0.1, -0.05) is 34.7 Å². The lowest BCUT2D eigenvalue weighted by Gasteiger charge is -2.18. The van der Waals surface area contributed by atoms with Crippen LogP contribution in [0, 0.1) is 10.8 Å². The van der Waals surface area contributed by atoms with Crippen molar-refractivity contribution in [1.82, 2.24) is 4.57 Å². The van der Waals surface area contributed by atoms with Crippen molar-refractivity contribution in [3.63, 3.8) is 0 Å². The zero-order valence-corrected chi connectivity index (χ0v) is 21.4. The van der Waals surface area contributed by atoms with Crippen molar-refractivity contribution < 1.29 is 32.2 Å². The summed E-state index contributed by atoms with van der Waals surface area (Å²) in [5.41, 5.74) is 2.16. The number of carbonyl (C=O) groups is 1. The van der Waals surface area contributed by atoms with Gasteiger partial charge in [-0.05, 0) is 61.1 Å². The fourth-order valence-electron chi connectivity index (χ4n) is 4.14. The lowest BCUT2D eigenvalue weighted by Crippen LogP contribution is -2.32. The minimum atomic E-state index is -4.56. The number of hydrogen-bond donors (Lipinski definition) is 0. The van der Waals surface area contributed by atoms with Crippen LogP contribution in [-0.2, 0) is 27.2 Å². The number of nitrogens with zero attached hydrogens (tertiary/aromatic N) is 2. The van der Waals surface area contributed by atoms with E-state index in [9.17, 15) is 27.7 Å². The minimum absolute atomic E-state index is 0.0259. The topological polar surface area (TPSA) is 96.2 Å². The molecule has 1 heterocycles. The zero-order valence-electron chi connectivity index (χ0n) is 20.6. The summed E-state index contributed by atoms with van der Waals surface area (Å²) in [4.78, 5) is 35.7. The molecule has 1 aromatic heterocycles. The van der Waals surface area contributed by atoms with Crippen LogP contribution in [0.3, 0.4) is 0 Å². The third kappa shape index (κ3) is 7.19. The van der Waals surface area contributed by atoms with E-state index in [-0.39, 0.29) is 36.5 Å². The number of nitroso groups, excluding NO2 is 1. The Balaban J connectivity index is 1.35. The first-order valence-corrected chi connectivity index (χ1v) is 13.0. The highest BCUT2D eigenvalue weighted by atomic mass is 32.1. The molecule has 0 N–H and O–H groups in total. The summed E-state index contributed by atoms with van der Waals surface area (Å²) in [7, 11) is 0. The normalized spacial score (nSPS) is 15.3. The van der Waals surface area contributed by atoms with Crippen molar-refractivity contribution in [3.8, 4) is 5.75 Å². The lowest BCUT2D eigenvalue weighted by molar-refractivity contribution is -0.194. The van der Waals surface area contributed by atoms with Crippen LogP contribution < -0.4 is 9.61 Å². The first-order chi connectivity index (χ1) is 18.2. The molecule has 38 heavy (non-hydrogen) atoms. The fraction of sp³-hybridized carbons (Fsp3) is 0.462. The van der Waals surface area contributed by atoms with Crippen molar-refractivity contribution in [3.05, 3.63) is 68.2 Å². The van der Waals surface area contributed by atoms with Crippen molar-refractivity contribution in [2.45, 2.75) is 51.1 Å². The van der Waals surface area contributed by atoms with Gasteiger partial charge in [-0.15, -0.1) is 0 Å². The monoisotopic (exact) mass is 552 g/mol. The molecule has 4 rings (SSSR count). The van der Waals surface area contributed by atoms with Gasteiger partial charge in [0.05, 0.1) is 23.4 Å². The van der Waals surface area contributed by atoms with Gasteiger partial charge in [0.15, 0.2) is 6.10 Å². The molecule has 1 aliphatic carbocycles. The molecule has 0 amide bonds. The van der Waals surface area contributed by atoms with Crippen molar-refractivity contribution in [2.24, 2.45) is 11.1 Å². The summed E-state index contributed by atoms with van der Waals surface area (Å²) in [6.45, 7) is 0.537. The van der Waals surface area contributed by atoms with Crippen molar-refractivity contribution in [2.75, 3.05) is 19.8 Å². The first-order valence-electron chi connectivity index (χ1n) is 12.2. The van der Waals surface area contributed by atoms with Crippen LogP contribution in [0.25, 0.3) is 10.2 Å². The van der Waals surface area contributed by atoms with Crippen LogP contribution in [0.2, 0.25) is 0 Å². The maximum Gasteiger partial charge on any atom is 0.411 e. The van der Waals surface area contributed by atoms with Gasteiger partial charge in [0.25, 0.3) is 0 Å². The molecule has 2 unspecified atom stereocenters. The molecular formula is C26H27F3N2O6S. The summed E-state index contributed by atoms with van der Waals surface area (Å²) in [6.07, 6.45) is -4.06. The molecule has 0 bridgehead atoms. The van der Waals surface area contributed by atoms with Crippen molar-refractivity contribution in [1.29, 1.82) is 0 Å². The van der Waals surface area contributed by atoms with Gasteiger partial charge < -0.3 is 14.2 Å². The number of rotatable bonds is 13. The van der Waals surface area contributed by atoms with Crippen LogP contribution in [0.15, 0.2) is 52.4 Å². The molecule has 204 valence electrons. The highest BCUT2D eigenvalue weighted by Crippen LogP contribution is 2.43. The summed E-state index contributed by atoms with van der Waals surface area (Å²) in [6, 6.07) is 11.7. The Bertz CT molecular complexity index is 1320. The molecule has 3 aromatic rings. The molecule has 1 fully saturated rings. The van der Waals surface area contributed by atoms with Gasteiger partial charge in [0.1, 0.15) is 25.0 Å². The molecule has 0 saturated heterocycles. The Morgan fingerprint density at radius 1 is 1.18 bits per heavy atom. The van der Waals surface area contributed by atoms with Gasteiger partial charge in [-0.3, -0.25) is 9.36 Å². The molecule has 2 atom stereocenters. The van der Waals surface area contributed by atoms with Crippen LogP contribution in [-0.4, -0.2) is 42.6 Å². The van der Waals surface area contributed by atoms with Crippen LogP contribution in [0.5, 0.6) is 5.75 Å². The standard InChI is InChI=1S/C26H27F3N2O6S/c1-2-35-24(32)21(37-15-26(27,28)29)13-16-3-8-19(9-4-16)36-12-11-31-20-10-7-18(14-22(20)38-25(31)33)23(30-34)17-5-6-17/h3-4,7-10,14,17,21,23H,2,5-6,11-13,15H2,1H3. The smallest absolute Gasteiger partial charge is 0.411 e. The zero-order chi connectivity index (χ0) is 27.3. The van der Waals surface area contributed by atoms with E-state index >= 15 is 0 Å². The molecule has 0 spiro atoms. The lowest BCUT2D eigenvalue weighted by atomic mass is 10.0. The van der Waals surface area contributed by atoms with E-state index in [1.807, 2.05) is 18.2 Å². The van der Waals surface area contributed by atoms with E-state index < -0.39 is 24.9 Å². The van der Waals surface area contributed by atoms with E-state index in [1.165, 1.54) is 0 Å². The maximum absolute atomic E-state index is 12.6. The van der Waals surface area contributed by atoms with Gasteiger partial charge >= 0.3 is 17.0 Å². The summed E-state index contributed by atoms with van der Waals surface area (Å²) >= 11 is 1.11. The number of fused-ring (bicyclic) bond motifs is 1. The predicted octanol–water partition coefficient (Wildman–Crippen LogP) is 5.41. The molecule has 8 nitrogen and oxygen atoms in total. The fourth-order valence-corrected chi connectivity index (χ4v) is 5.11. The minimum Gasteiger partial charge on any atom is -0.492 e. The largest absolute Gasteiger partial charge is 0.492 e. The number of benzene rings is 2. The van der Waals surface area contributed by atoms with E-state index in [4.69, 9.17) is 14.2 Å². The Morgan fingerprint density at radius 3 is 2.55 bits per heavy atom. The third-order valence-corrected chi connectivity index (χ3v) is 7.08. The average molecular weight is 553 g/mol. The Hall–Kier alpha value is -3.25. The number of thiazole rings is 1. The third-order valence-electron chi connectivity index (χ3n) is 6.14. The predicted molar refractivity (Wildman–Crippen MR) is 135 cm³/mol. The average Bonchev–Trinajstić information content (AvgIpc) is 3.66. The number of carbonyl (C=O) groups excluding carboxylic acids is 1. The highest BCUT2D eigenvalue weighted by Gasteiger charge is 2.34. The SMILES string of the molecule is CCOC(=O)C(Cc1ccc(OCCn2c(=O)sc3cc(C(N=O)C4CC4)ccc32)cc1)OCC(F)(F)F. The summed E-state index contributed by atoms with van der Waals surface area (Å²) in [5.74, 6) is -0.0769. The molecule has 0 aliphatic heterocycles. The van der Waals surface area contributed by atoms with E-state index in [0.717, 1.165) is 40.0 Å². The van der Waals surface area contributed by atoms with Crippen LogP contribution in [0.4, 0.5) is 13.2 Å². The maximum atomic E-state index is 12.6. The van der Waals surface area contributed by atoms with Gasteiger partial charge in [0, 0.05) is 6.42 Å².